The second-order valence-corrected chi connectivity index (χ2v) is 6.07. The second-order valence-electron chi connectivity index (χ2n) is 6.07. The first-order valence-electron chi connectivity index (χ1n) is 8.58. The van der Waals surface area contributed by atoms with Crippen LogP contribution in [-0.2, 0) is 9.59 Å². The molecule has 2 atom stereocenters. The fourth-order valence-corrected chi connectivity index (χ4v) is 2.01. The van der Waals surface area contributed by atoms with Gasteiger partial charge in [-0.15, -0.1) is 10.2 Å². The minimum Gasteiger partial charge on any atom is -0.480 e. The van der Waals surface area contributed by atoms with Crippen LogP contribution in [0.4, 0.5) is 11.6 Å². The van der Waals surface area contributed by atoms with E-state index in [9.17, 15) is 19.2 Å². The highest BCUT2D eigenvalue weighted by molar-refractivity contribution is 5.97. The van der Waals surface area contributed by atoms with E-state index >= 15 is 0 Å². The highest BCUT2D eigenvalue weighted by Crippen LogP contribution is 2.16. The van der Waals surface area contributed by atoms with Gasteiger partial charge in [0.15, 0.2) is 11.6 Å². The van der Waals surface area contributed by atoms with E-state index in [0.717, 1.165) is 0 Å². The van der Waals surface area contributed by atoms with E-state index in [-0.39, 0.29) is 22.8 Å². The molecule has 0 saturated carbocycles. The number of carbonyl (C=O) groups is 4. The van der Waals surface area contributed by atoms with Gasteiger partial charge in [-0.3, -0.25) is 19.2 Å². The van der Waals surface area contributed by atoms with Crippen LogP contribution in [0.25, 0.3) is 0 Å². The number of aromatic nitrogens is 2. The Labute approximate surface area is 170 Å². The fourth-order valence-electron chi connectivity index (χ4n) is 2.01. The highest BCUT2D eigenvalue weighted by Gasteiger charge is 2.16. The Morgan fingerprint density at radius 3 is 1.50 bits per heavy atom. The molecule has 0 saturated heterocycles. The number of amides is 2. The summed E-state index contributed by atoms with van der Waals surface area (Å²) >= 11 is 0. The molecule has 12 nitrogen and oxygen atoms in total. The van der Waals surface area contributed by atoms with Gasteiger partial charge in [-0.1, -0.05) is 0 Å². The van der Waals surface area contributed by atoms with Gasteiger partial charge in [0, 0.05) is 23.5 Å². The van der Waals surface area contributed by atoms with Gasteiger partial charge in [-0.25, -0.2) is 9.97 Å². The molecule has 2 aromatic rings. The van der Waals surface area contributed by atoms with Crippen LogP contribution in [0.1, 0.15) is 34.6 Å². The number of carboxylic acids is 2. The maximum Gasteiger partial charge on any atom is 0.325 e. The SMILES string of the molecule is C[C@H](NC(=O)c1ccnc(N=Nc2cc(C(=O)N[C@@H](C)C(=O)O)ccn2)c1)C(=O)O. The predicted octanol–water partition coefficient (Wildman–Crippen LogP) is 1.30. The van der Waals surface area contributed by atoms with E-state index in [4.69, 9.17) is 10.2 Å². The number of nitrogens with zero attached hydrogens (tertiary/aromatic N) is 4. The molecule has 2 rings (SSSR count). The zero-order valence-electron chi connectivity index (χ0n) is 15.9. The number of nitrogens with one attached hydrogen (secondary N) is 2. The van der Waals surface area contributed by atoms with Crippen molar-refractivity contribution in [2.24, 2.45) is 10.2 Å². The van der Waals surface area contributed by atoms with Crippen LogP contribution < -0.4 is 10.6 Å². The van der Waals surface area contributed by atoms with Crippen molar-refractivity contribution in [1.82, 2.24) is 20.6 Å². The maximum atomic E-state index is 12.1. The van der Waals surface area contributed by atoms with Gasteiger partial charge in [0.25, 0.3) is 11.8 Å². The summed E-state index contributed by atoms with van der Waals surface area (Å²) in [5.41, 5.74) is 0.270. The summed E-state index contributed by atoms with van der Waals surface area (Å²) in [6.45, 7) is 2.65. The first-order chi connectivity index (χ1) is 14.2. The summed E-state index contributed by atoms with van der Waals surface area (Å²) in [7, 11) is 0. The number of pyridine rings is 2. The number of aliphatic carboxylic acids is 2. The Kier molecular flexibility index (Phi) is 7.22. The van der Waals surface area contributed by atoms with Crippen LogP contribution in [0.3, 0.4) is 0 Å². The monoisotopic (exact) mass is 414 g/mol. The topological polar surface area (TPSA) is 183 Å². The summed E-state index contributed by atoms with van der Waals surface area (Å²) in [6.07, 6.45) is 2.61. The number of hydrogen-bond donors (Lipinski definition) is 4. The third-order valence-electron chi connectivity index (χ3n) is 3.71. The van der Waals surface area contributed by atoms with E-state index in [2.05, 4.69) is 30.8 Å². The molecule has 4 N–H and O–H groups in total. The standard InChI is InChI=1S/C18H18N6O6/c1-9(17(27)28)21-15(25)11-3-5-19-13(7-11)23-24-14-8-12(4-6-20-14)16(26)22-10(2)18(29)30/h3-10H,1-2H3,(H,21,25)(H,22,26)(H,27,28)(H,29,30)/t9-,10-/m0/s1. The molecule has 0 spiro atoms. The third kappa shape index (κ3) is 6.15. The molecule has 0 bridgehead atoms. The summed E-state index contributed by atoms with van der Waals surface area (Å²) in [5.74, 6) is -3.47. The Bertz CT molecular complexity index is 929. The number of carbonyl (C=O) groups excluding carboxylic acids is 2. The number of rotatable bonds is 8. The van der Waals surface area contributed by atoms with Crippen LogP contribution >= 0.6 is 0 Å². The van der Waals surface area contributed by atoms with Crippen LogP contribution in [0.5, 0.6) is 0 Å². The third-order valence-corrected chi connectivity index (χ3v) is 3.71. The molecule has 0 aliphatic rings. The molecule has 0 aromatic carbocycles. The minimum absolute atomic E-state index is 0.0572. The lowest BCUT2D eigenvalue weighted by atomic mass is 10.2. The van der Waals surface area contributed by atoms with Gasteiger partial charge in [0.2, 0.25) is 0 Å². The van der Waals surface area contributed by atoms with Gasteiger partial charge >= 0.3 is 11.9 Å². The molecule has 30 heavy (non-hydrogen) atoms. The Hall–Kier alpha value is -4.22. The van der Waals surface area contributed by atoms with Crippen LogP contribution in [0.15, 0.2) is 46.9 Å². The molecule has 156 valence electrons. The Balaban J connectivity index is 2.13. The Morgan fingerprint density at radius 2 is 1.17 bits per heavy atom. The van der Waals surface area contributed by atoms with Crippen molar-refractivity contribution in [3.05, 3.63) is 47.8 Å². The van der Waals surface area contributed by atoms with Gasteiger partial charge in [-0.2, -0.15) is 0 Å². The first-order valence-corrected chi connectivity index (χ1v) is 8.58. The molecule has 0 aliphatic carbocycles. The van der Waals surface area contributed by atoms with Crippen molar-refractivity contribution in [2.45, 2.75) is 25.9 Å². The molecule has 0 radical (unpaired) electrons. The van der Waals surface area contributed by atoms with Gasteiger partial charge in [0.05, 0.1) is 0 Å². The van der Waals surface area contributed by atoms with E-state index in [1.165, 1.54) is 50.5 Å². The average Bonchev–Trinajstić information content (AvgIpc) is 2.72. The lowest BCUT2D eigenvalue weighted by Gasteiger charge is -2.09. The quantitative estimate of drug-likeness (QED) is 0.466. The molecular weight excluding hydrogens is 396 g/mol. The van der Waals surface area contributed by atoms with E-state index in [0.29, 0.717) is 0 Å². The lowest BCUT2D eigenvalue weighted by molar-refractivity contribution is -0.139. The molecule has 0 fully saturated rings. The zero-order valence-corrected chi connectivity index (χ0v) is 15.9. The highest BCUT2D eigenvalue weighted by atomic mass is 16.4. The van der Waals surface area contributed by atoms with Crippen molar-refractivity contribution in [1.29, 1.82) is 0 Å². The number of azo groups is 1. The largest absolute Gasteiger partial charge is 0.480 e. The summed E-state index contributed by atoms with van der Waals surface area (Å²) in [4.78, 5) is 53.7. The second kappa shape index (κ2) is 9.82. The van der Waals surface area contributed by atoms with E-state index < -0.39 is 35.8 Å². The van der Waals surface area contributed by atoms with Gasteiger partial charge in [0.1, 0.15) is 12.1 Å². The molecule has 12 heteroatoms. The number of hydrogen-bond acceptors (Lipinski definition) is 8. The molecule has 0 unspecified atom stereocenters. The zero-order chi connectivity index (χ0) is 22.3. The summed E-state index contributed by atoms with van der Waals surface area (Å²) < 4.78 is 0. The molecule has 2 amide bonds. The molecule has 0 aliphatic heterocycles. The Morgan fingerprint density at radius 1 is 0.800 bits per heavy atom. The van der Waals surface area contributed by atoms with Gasteiger partial charge in [-0.05, 0) is 38.1 Å². The molecule has 2 aromatic heterocycles. The minimum atomic E-state index is -1.18. The molecular formula is C18H18N6O6. The van der Waals surface area contributed by atoms with Crippen molar-refractivity contribution in [3.8, 4) is 0 Å². The van der Waals surface area contributed by atoms with Crippen molar-refractivity contribution in [3.63, 3.8) is 0 Å². The lowest BCUT2D eigenvalue weighted by Crippen LogP contribution is -2.38. The average molecular weight is 414 g/mol. The summed E-state index contributed by atoms with van der Waals surface area (Å²) in [6, 6.07) is 3.23. The van der Waals surface area contributed by atoms with Crippen LogP contribution in [0.2, 0.25) is 0 Å². The van der Waals surface area contributed by atoms with E-state index in [1.54, 1.807) is 0 Å². The maximum absolute atomic E-state index is 12.1. The van der Waals surface area contributed by atoms with Crippen LogP contribution in [0, 0.1) is 0 Å². The smallest absolute Gasteiger partial charge is 0.325 e. The van der Waals surface area contributed by atoms with Gasteiger partial charge < -0.3 is 20.8 Å². The number of carboxylic acid groups (broad SMARTS) is 2. The van der Waals surface area contributed by atoms with E-state index in [1.807, 2.05) is 0 Å². The van der Waals surface area contributed by atoms with Crippen molar-refractivity contribution >= 4 is 35.4 Å². The first kappa shape index (κ1) is 22.1. The van der Waals surface area contributed by atoms with Crippen molar-refractivity contribution in [2.75, 3.05) is 0 Å². The summed E-state index contributed by atoms with van der Waals surface area (Å²) in [5, 5.41) is 30.0. The predicted molar refractivity (Wildman–Crippen MR) is 102 cm³/mol. The fraction of sp³-hybridized carbons (Fsp3) is 0.222. The van der Waals surface area contributed by atoms with Crippen molar-refractivity contribution < 1.29 is 29.4 Å². The van der Waals surface area contributed by atoms with Crippen LogP contribution in [-0.4, -0.2) is 56.0 Å². The normalized spacial score (nSPS) is 12.7. The molecule has 2 heterocycles.